The molecular formula is C21H28N6. The molecule has 0 atom stereocenters. The molecule has 27 heavy (non-hydrogen) atoms. The van der Waals surface area contributed by atoms with Crippen molar-refractivity contribution in [3.8, 4) is 0 Å². The first kappa shape index (κ1) is 17.8. The van der Waals surface area contributed by atoms with Gasteiger partial charge in [0, 0.05) is 30.4 Å². The van der Waals surface area contributed by atoms with Crippen LogP contribution in [0.3, 0.4) is 0 Å². The third-order valence-electron chi connectivity index (χ3n) is 5.34. The fourth-order valence-electron chi connectivity index (χ4n) is 3.60. The predicted octanol–water partition coefficient (Wildman–Crippen LogP) is 3.63. The Morgan fingerprint density at radius 1 is 1.11 bits per heavy atom. The third-order valence-corrected chi connectivity index (χ3v) is 5.34. The van der Waals surface area contributed by atoms with Crippen LogP contribution in [0.4, 0.5) is 11.5 Å². The van der Waals surface area contributed by atoms with Gasteiger partial charge in [0.25, 0.3) is 0 Å². The molecule has 4 heterocycles. The highest BCUT2D eigenvalue weighted by Gasteiger charge is 2.16. The van der Waals surface area contributed by atoms with E-state index < -0.39 is 0 Å². The number of hydrogen-bond donors (Lipinski definition) is 3. The van der Waals surface area contributed by atoms with E-state index in [1.807, 2.05) is 19.3 Å². The van der Waals surface area contributed by atoms with Gasteiger partial charge >= 0.3 is 0 Å². The van der Waals surface area contributed by atoms with Gasteiger partial charge in [0.05, 0.1) is 11.9 Å². The van der Waals surface area contributed by atoms with Crippen molar-refractivity contribution in [2.45, 2.75) is 26.3 Å². The highest BCUT2D eigenvalue weighted by Crippen LogP contribution is 2.19. The van der Waals surface area contributed by atoms with E-state index >= 15 is 0 Å². The summed E-state index contributed by atoms with van der Waals surface area (Å²) in [4.78, 5) is 14.7. The molecule has 142 valence electrons. The summed E-state index contributed by atoms with van der Waals surface area (Å²) in [6, 6.07) is 8.43. The number of piperidine rings is 1. The lowest BCUT2D eigenvalue weighted by Crippen LogP contribution is -2.33. The monoisotopic (exact) mass is 364 g/mol. The van der Waals surface area contributed by atoms with E-state index in [0.29, 0.717) is 0 Å². The zero-order chi connectivity index (χ0) is 18.6. The van der Waals surface area contributed by atoms with E-state index in [1.54, 1.807) is 0 Å². The van der Waals surface area contributed by atoms with Crippen LogP contribution in [0.2, 0.25) is 0 Å². The zero-order valence-electron chi connectivity index (χ0n) is 16.1. The van der Waals surface area contributed by atoms with E-state index in [4.69, 9.17) is 0 Å². The molecule has 0 radical (unpaired) electrons. The van der Waals surface area contributed by atoms with Gasteiger partial charge in [0.2, 0.25) is 0 Å². The van der Waals surface area contributed by atoms with E-state index in [9.17, 15) is 0 Å². The Balaban J connectivity index is 1.28. The summed E-state index contributed by atoms with van der Waals surface area (Å²) in [7, 11) is 2.20. The van der Waals surface area contributed by atoms with Crippen molar-refractivity contribution in [1.29, 1.82) is 0 Å². The Labute approximate surface area is 160 Å². The molecule has 3 N–H and O–H groups in total. The van der Waals surface area contributed by atoms with Crippen molar-refractivity contribution in [1.82, 2.24) is 19.9 Å². The number of anilines is 2. The highest BCUT2D eigenvalue weighted by atomic mass is 15.1. The Morgan fingerprint density at radius 2 is 1.96 bits per heavy atom. The van der Waals surface area contributed by atoms with E-state index in [0.717, 1.165) is 52.8 Å². The fourth-order valence-corrected chi connectivity index (χ4v) is 3.60. The standard InChI is InChI=1S/C21H28N6/c1-15-9-18-10-19(14-25-21(18)26-15)22-12-17-3-4-20(24-13-17)23-11-16-5-7-27(2)8-6-16/h3-4,9-10,13-14,16,22H,5-8,11-12H2,1-2H3,(H,23,24)(H,25,26). The molecule has 3 aromatic rings. The van der Waals surface area contributed by atoms with Crippen molar-refractivity contribution in [2.75, 3.05) is 37.3 Å². The smallest absolute Gasteiger partial charge is 0.137 e. The molecule has 0 unspecified atom stereocenters. The molecule has 6 nitrogen and oxygen atoms in total. The van der Waals surface area contributed by atoms with Gasteiger partial charge in [0.15, 0.2) is 0 Å². The number of rotatable bonds is 6. The fraction of sp³-hybridized carbons (Fsp3) is 0.429. The molecule has 0 spiro atoms. The molecular weight excluding hydrogens is 336 g/mol. The Hall–Kier alpha value is -2.60. The number of aromatic amines is 1. The minimum atomic E-state index is 0.735. The second-order valence-corrected chi connectivity index (χ2v) is 7.65. The van der Waals surface area contributed by atoms with Crippen LogP contribution in [0.15, 0.2) is 36.7 Å². The first-order chi connectivity index (χ1) is 13.2. The number of nitrogens with one attached hydrogen (secondary N) is 3. The van der Waals surface area contributed by atoms with Gasteiger partial charge in [0.1, 0.15) is 11.5 Å². The molecule has 6 heteroatoms. The van der Waals surface area contributed by atoms with Gasteiger partial charge < -0.3 is 20.5 Å². The van der Waals surface area contributed by atoms with Gasteiger partial charge in [-0.05, 0) is 69.6 Å². The predicted molar refractivity (Wildman–Crippen MR) is 111 cm³/mol. The largest absolute Gasteiger partial charge is 0.380 e. The van der Waals surface area contributed by atoms with Gasteiger partial charge in [-0.25, -0.2) is 9.97 Å². The Kier molecular flexibility index (Phi) is 5.25. The Morgan fingerprint density at radius 3 is 2.74 bits per heavy atom. The van der Waals surface area contributed by atoms with Crippen molar-refractivity contribution in [3.05, 3.63) is 47.9 Å². The van der Waals surface area contributed by atoms with Crippen molar-refractivity contribution < 1.29 is 0 Å². The molecule has 0 aromatic carbocycles. The molecule has 4 rings (SSSR count). The average Bonchev–Trinajstić information content (AvgIpc) is 3.06. The molecule has 0 saturated carbocycles. The summed E-state index contributed by atoms with van der Waals surface area (Å²) in [6.45, 7) is 6.20. The van der Waals surface area contributed by atoms with Crippen molar-refractivity contribution in [2.24, 2.45) is 5.92 Å². The average molecular weight is 364 g/mol. The molecule has 1 fully saturated rings. The van der Waals surface area contributed by atoms with Crippen LogP contribution in [0.25, 0.3) is 11.0 Å². The van der Waals surface area contributed by atoms with Gasteiger partial charge in [-0.3, -0.25) is 0 Å². The maximum atomic E-state index is 4.56. The van der Waals surface area contributed by atoms with Crippen LogP contribution in [0, 0.1) is 12.8 Å². The maximum Gasteiger partial charge on any atom is 0.137 e. The zero-order valence-corrected chi connectivity index (χ0v) is 16.1. The minimum absolute atomic E-state index is 0.735. The molecule has 3 aromatic heterocycles. The highest BCUT2D eigenvalue weighted by molar-refractivity contribution is 5.79. The molecule has 1 aliphatic heterocycles. The number of likely N-dealkylation sites (tertiary alicyclic amines) is 1. The summed E-state index contributed by atoms with van der Waals surface area (Å²) >= 11 is 0. The van der Waals surface area contributed by atoms with Crippen LogP contribution >= 0.6 is 0 Å². The topological polar surface area (TPSA) is 68.9 Å². The molecule has 0 bridgehead atoms. The summed E-state index contributed by atoms with van der Waals surface area (Å²) in [6.07, 6.45) is 6.34. The summed E-state index contributed by atoms with van der Waals surface area (Å²) in [5.41, 5.74) is 4.23. The van der Waals surface area contributed by atoms with E-state index in [1.165, 1.54) is 25.9 Å². The molecule has 0 amide bonds. The minimum Gasteiger partial charge on any atom is -0.380 e. The lowest BCUT2D eigenvalue weighted by atomic mass is 9.97. The van der Waals surface area contributed by atoms with Gasteiger partial charge in [-0.15, -0.1) is 0 Å². The number of aryl methyl sites for hydroxylation is 1. The summed E-state index contributed by atoms with van der Waals surface area (Å²) in [5.74, 6) is 1.72. The van der Waals surface area contributed by atoms with Crippen LogP contribution < -0.4 is 10.6 Å². The number of pyridine rings is 2. The van der Waals surface area contributed by atoms with Crippen molar-refractivity contribution >= 4 is 22.5 Å². The maximum absolute atomic E-state index is 4.56. The number of aromatic nitrogens is 3. The lowest BCUT2D eigenvalue weighted by Gasteiger charge is -2.29. The Bertz CT molecular complexity index is 877. The number of hydrogen-bond acceptors (Lipinski definition) is 5. The second kappa shape index (κ2) is 7.96. The second-order valence-electron chi connectivity index (χ2n) is 7.65. The van der Waals surface area contributed by atoms with E-state index in [2.05, 4.69) is 61.8 Å². The molecule has 1 aliphatic rings. The third kappa shape index (κ3) is 4.57. The SMILES string of the molecule is Cc1cc2cc(NCc3ccc(NCC4CCN(C)CC4)nc3)cnc2[nH]1. The number of nitrogens with zero attached hydrogens (tertiary/aromatic N) is 3. The first-order valence-electron chi connectivity index (χ1n) is 9.72. The molecule has 1 saturated heterocycles. The van der Waals surface area contributed by atoms with Gasteiger partial charge in [-0.2, -0.15) is 0 Å². The van der Waals surface area contributed by atoms with Crippen LogP contribution in [-0.2, 0) is 6.54 Å². The summed E-state index contributed by atoms with van der Waals surface area (Å²) in [5, 5.41) is 8.05. The lowest BCUT2D eigenvalue weighted by molar-refractivity contribution is 0.226. The summed E-state index contributed by atoms with van der Waals surface area (Å²) < 4.78 is 0. The van der Waals surface area contributed by atoms with Crippen LogP contribution in [0.5, 0.6) is 0 Å². The van der Waals surface area contributed by atoms with Crippen molar-refractivity contribution in [3.63, 3.8) is 0 Å². The number of H-pyrrole nitrogens is 1. The molecule has 0 aliphatic carbocycles. The van der Waals surface area contributed by atoms with Crippen LogP contribution in [0.1, 0.15) is 24.1 Å². The van der Waals surface area contributed by atoms with Crippen LogP contribution in [-0.4, -0.2) is 46.5 Å². The normalized spacial score (nSPS) is 15.9. The first-order valence-corrected chi connectivity index (χ1v) is 9.72. The number of fused-ring (bicyclic) bond motifs is 1. The van der Waals surface area contributed by atoms with Gasteiger partial charge in [-0.1, -0.05) is 6.07 Å². The quantitative estimate of drug-likeness (QED) is 0.623. The van der Waals surface area contributed by atoms with E-state index in [-0.39, 0.29) is 0 Å².